The van der Waals surface area contributed by atoms with Gasteiger partial charge in [0, 0.05) is 0 Å². The van der Waals surface area contributed by atoms with E-state index >= 15 is 0 Å². The topological polar surface area (TPSA) is 114 Å². The van der Waals surface area contributed by atoms with Crippen LogP contribution in [0.4, 0.5) is 0 Å². The van der Waals surface area contributed by atoms with Gasteiger partial charge in [-0.1, -0.05) is 37.0 Å². The van der Waals surface area contributed by atoms with Crippen molar-refractivity contribution in [3.05, 3.63) is 12.4 Å². The lowest BCUT2D eigenvalue weighted by Crippen LogP contribution is -2.51. The molecule has 0 aliphatic heterocycles. The quantitative estimate of drug-likeness (QED) is 0.465. The summed E-state index contributed by atoms with van der Waals surface area (Å²) in [5.41, 5.74) is 3.71. The van der Waals surface area contributed by atoms with Gasteiger partial charge in [0.15, 0.2) is 11.5 Å². The molecule has 0 fully saturated rings. The monoisotopic (exact) mass is 272 g/mol. The zero-order valence-corrected chi connectivity index (χ0v) is 11.6. The minimum atomic E-state index is -1.66. The van der Waals surface area contributed by atoms with Crippen LogP contribution in [-0.4, -0.2) is 40.0 Å². The molecule has 0 aromatic carbocycles. The van der Waals surface area contributed by atoms with E-state index in [1.54, 1.807) is 6.92 Å². The van der Waals surface area contributed by atoms with E-state index in [0.29, 0.717) is 0 Å². The van der Waals surface area contributed by atoms with Crippen molar-refractivity contribution >= 4 is 5.78 Å². The SMILES string of the molecule is CCCCCNCC(=O)C(N)(O)CC.c1cnon1. The third-order valence-electron chi connectivity index (χ3n) is 2.55. The van der Waals surface area contributed by atoms with E-state index in [-0.39, 0.29) is 18.7 Å². The van der Waals surface area contributed by atoms with Crippen LogP contribution in [0.1, 0.15) is 39.5 Å². The molecule has 1 atom stereocenters. The van der Waals surface area contributed by atoms with Crippen LogP contribution in [0.25, 0.3) is 0 Å². The minimum Gasteiger partial charge on any atom is -0.369 e. The van der Waals surface area contributed by atoms with Crippen molar-refractivity contribution in [1.82, 2.24) is 15.6 Å². The van der Waals surface area contributed by atoms with Gasteiger partial charge in [-0.3, -0.25) is 10.5 Å². The molecule has 1 heterocycles. The fraction of sp³-hybridized carbons (Fsp3) is 0.750. The second kappa shape index (κ2) is 10.6. The summed E-state index contributed by atoms with van der Waals surface area (Å²) < 4.78 is 4.08. The first-order valence-electron chi connectivity index (χ1n) is 6.51. The molecular weight excluding hydrogens is 248 g/mol. The lowest BCUT2D eigenvalue weighted by atomic mass is 10.1. The van der Waals surface area contributed by atoms with E-state index < -0.39 is 5.72 Å². The molecule has 7 nitrogen and oxygen atoms in total. The Labute approximate surface area is 113 Å². The Hall–Kier alpha value is -1.31. The molecule has 0 radical (unpaired) electrons. The molecule has 0 bridgehead atoms. The molecule has 1 aromatic heterocycles. The molecule has 0 saturated carbocycles. The van der Waals surface area contributed by atoms with E-state index in [1.165, 1.54) is 12.4 Å². The Kier molecular flexibility index (Phi) is 9.87. The Morgan fingerprint density at radius 1 is 1.37 bits per heavy atom. The fourth-order valence-electron chi connectivity index (χ4n) is 1.19. The van der Waals surface area contributed by atoms with Gasteiger partial charge >= 0.3 is 0 Å². The molecule has 19 heavy (non-hydrogen) atoms. The summed E-state index contributed by atoms with van der Waals surface area (Å²) in [6.07, 6.45) is 6.56. The van der Waals surface area contributed by atoms with Gasteiger partial charge in [0.05, 0.1) is 18.9 Å². The summed E-state index contributed by atoms with van der Waals surface area (Å²) in [6, 6.07) is 0. The van der Waals surface area contributed by atoms with Crippen molar-refractivity contribution < 1.29 is 14.5 Å². The molecule has 1 rings (SSSR count). The van der Waals surface area contributed by atoms with E-state index in [9.17, 15) is 9.90 Å². The number of nitrogens with one attached hydrogen (secondary N) is 1. The number of nitrogens with zero attached hydrogens (tertiary/aromatic N) is 2. The molecule has 110 valence electrons. The number of hydrogen-bond acceptors (Lipinski definition) is 7. The van der Waals surface area contributed by atoms with Gasteiger partial charge in [-0.05, 0) is 19.4 Å². The first-order valence-corrected chi connectivity index (χ1v) is 6.51. The maximum atomic E-state index is 11.3. The van der Waals surface area contributed by atoms with Gasteiger partial charge in [0.1, 0.15) is 0 Å². The van der Waals surface area contributed by atoms with Crippen molar-refractivity contribution in [1.29, 1.82) is 0 Å². The summed E-state index contributed by atoms with van der Waals surface area (Å²) in [4.78, 5) is 11.3. The number of aromatic nitrogens is 2. The number of rotatable bonds is 8. The van der Waals surface area contributed by atoms with Crippen LogP contribution >= 0.6 is 0 Å². The summed E-state index contributed by atoms with van der Waals surface area (Å²) in [6.45, 7) is 4.78. The second-order valence-corrected chi connectivity index (χ2v) is 4.18. The Bertz CT molecular complexity index is 298. The number of carbonyl (C=O) groups excluding carboxylic acids is 1. The van der Waals surface area contributed by atoms with Crippen LogP contribution in [0, 0.1) is 0 Å². The first-order chi connectivity index (χ1) is 9.04. The van der Waals surface area contributed by atoms with E-state index in [1.807, 2.05) is 0 Å². The van der Waals surface area contributed by atoms with Crippen LogP contribution in [0.5, 0.6) is 0 Å². The van der Waals surface area contributed by atoms with E-state index in [2.05, 4.69) is 27.2 Å². The lowest BCUT2D eigenvalue weighted by molar-refractivity contribution is -0.136. The predicted molar refractivity (Wildman–Crippen MR) is 71.1 cm³/mol. The molecule has 0 saturated heterocycles. The highest BCUT2D eigenvalue weighted by Gasteiger charge is 2.27. The Balaban J connectivity index is 0.000000532. The van der Waals surface area contributed by atoms with Crippen LogP contribution in [0.3, 0.4) is 0 Å². The summed E-state index contributed by atoms with van der Waals surface area (Å²) in [5.74, 6) is -0.337. The number of unbranched alkanes of at least 4 members (excludes halogenated alkanes) is 2. The predicted octanol–water partition coefficient (Wildman–Crippen LogP) is 0.462. The highest BCUT2D eigenvalue weighted by molar-refractivity contribution is 5.88. The van der Waals surface area contributed by atoms with Crippen LogP contribution < -0.4 is 11.1 Å². The zero-order valence-electron chi connectivity index (χ0n) is 11.6. The number of aliphatic hydroxyl groups is 1. The minimum absolute atomic E-state index is 0.157. The van der Waals surface area contributed by atoms with Crippen LogP contribution in [-0.2, 0) is 4.79 Å². The average molecular weight is 272 g/mol. The van der Waals surface area contributed by atoms with Crippen molar-refractivity contribution in [3.63, 3.8) is 0 Å². The zero-order chi connectivity index (χ0) is 14.6. The first kappa shape index (κ1) is 17.7. The molecular formula is C12H24N4O3. The lowest BCUT2D eigenvalue weighted by Gasteiger charge is -2.19. The number of Topliss-reactive ketones (excluding diaryl/α,β-unsaturated/α-hetero) is 1. The largest absolute Gasteiger partial charge is 0.369 e. The van der Waals surface area contributed by atoms with Crippen molar-refractivity contribution in [2.75, 3.05) is 13.1 Å². The van der Waals surface area contributed by atoms with Gasteiger partial charge < -0.3 is 10.4 Å². The van der Waals surface area contributed by atoms with Gasteiger partial charge in [0.25, 0.3) is 0 Å². The maximum absolute atomic E-state index is 11.3. The van der Waals surface area contributed by atoms with Crippen LogP contribution in [0.2, 0.25) is 0 Å². The second-order valence-electron chi connectivity index (χ2n) is 4.18. The number of hydrogen-bond donors (Lipinski definition) is 3. The number of carbonyl (C=O) groups is 1. The highest BCUT2D eigenvalue weighted by atomic mass is 16.6. The molecule has 7 heteroatoms. The van der Waals surface area contributed by atoms with Gasteiger partial charge in [-0.2, -0.15) is 0 Å². The van der Waals surface area contributed by atoms with Crippen molar-refractivity contribution in [2.45, 2.75) is 45.3 Å². The standard InChI is InChI=1S/C10H22N2O2.C2H2N2O/c1-3-5-6-7-12-8-9(13)10(11,14)4-2;1-2-4-5-3-1/h12,14H,3-8,11H2,1-2H3;1-2H. The summed E-state index contributed by atoms with van der Waals surface area (Å²) >= 11 is 0. The number of ketones is 1. The highest BCUT2D eigenvalue weighted by Crippen LogP contribution is 2.01. The Morgan fingerprint density at radius 2 is 2.00 bits per heavy atom. The molecule has 0 aliphatic rings. The molecule has 0 amide bonds. The van der Waals surface area contributed by atoms with Gasteiger partial charge in [-0.25, -0.2) is 4.63 Å². The van der Waals surface area contributed by atoms with Crippen molar-refractivity contribution in [3.8, 4) is 0 Å². The van der Waals surface area contributed by atoms with E-state index in [0.717, 1.165) is 25.8 Å². The molecule has 0 spiro atoms. The molecule has 0 aliphatic carbocycles. The van der Waals surface area contributed by atoms with Gasteiger partial charge in [-0.15, -0.1) is 0 Å². The maximum Gasteiger partial charge on any atom is 0.192 e. The van der Waals surface area contributed by atoms with Crippen molar-refractivity contribution in [2.24, 2.45) is 5.73 Å². The van der Waals surface area contributed by atoms with E-state index in [4.69, 9.17) is 5.73 Å². The smallest absolute Gasteiger partial charge is 0.192 e. The molecule has 1 aromatic rings. The third kappa shape index (κ3) is 9.29. The molecule has 1 unspecified atom stereocenters. The number of nitrogens with two attached hydrogens (primary N) is 1. The van der Waals surface area contributed by atoms with Gasteiger partial charge in [0.2, 0.25) is 0 Å². The Morgan fingerprint density at radius 3 is 2.42 bits per heavy atom. The fourth-order valence-corrected chi connectivity index (χ4v) is 1.19. The normalized spacial score (nSPS) is 13.3. The molecule has 4 N–H and O–H groups in total. The summed E-state index contributed by atoms with van der Waals surface area (Å²) in [5, 5.41) is 18.8. The third-order valence-corrected chi connectivity index (χ3v) is 2.55. The average Bonchev–Trinajstić information content (AvgIpc) is 2.97. The van der Waals surface area contributed by atoms with Crippen LogP contribution in [0.15, 0.2) is 17.0 Å². The summed E-state index contributed by atoms with van der Waals surface area (Å²) in [7, 11) is 0.